The van der Waals surface area contributed by atoms with Gasteiger partial charge in [-0.15, -0.1) is 0 Å². The summed E-state index contributed by atoms with van der Waals surface area (Å²) in [4.78, 5) is 15.7. The predicted octanol–water partition coefficient (Wildman–Crippen LogP) is 3.38. The highest BCUT2D eigenvalue weighted by molar-refractivity contribution is 7.89. The van der Waals surface area contributed by atoms with Crippen LogP contribution in [0.5, 0.6) is 5.75 Å². The lowest BCUT2D eigenvalue weighted by Gasteiger charge is -2.38. The fraction of sp³-hybridized carbons (Fsp3) is 0.360. The molecule has 0 radical (unpaired) electrons. The van der Waals surface area contributed by atoms with Crippen LogP contribution in [-0.2, 0) is 14.8 Å². The normalized spacial score (nSPS) is 16.1. The third kappa shape index (κ3) is 5.24. The molecule has 10 heteroatoms. The maximum Gasteiger partial charge on any atom is 0.248 e. The minimum Gasteiger partial charge on any atom is -0.492 e. The van der Waals surface area contributed by atoms with Crippen LogP contribution in [0.1, 0.15) is 30.0 Å². The molecule has 0 unspecified atom stereocenters. The number of hydrogen-bond donors (Lipinski definition) is 1. The molecule has 0 spiro atoms. The second kappa shape index (κ2) is 10.6. The predicted molar refractivity (Wildman–Crippen MR) is 132 cm³/mol. The van der Waals surface area contributed by atoms with E-state index < -0.39 is 16.1 Å². The van der Waals surface area contributed by atoms with Gasteiger partial charge < -0.3 is 14.6 Å². The lowest BCUT2D eigenvalue weighted by atomic mass is 10.0. The van der Waals surface area contributed by atoms with Crippen molar-refractivity contribution < 1.29 is 22.5 Å². The molecule has 0 saturated carbocycles. The van der Waals surface area contributed by atoms with Gasteiger partial charge in [0.05, 0.1) is 12.3 Å². The molecule has 2 heterocycles. The van der Waals surface area contributed by atoms with Crippen LogP contribution in [0.25, 0.3) is 0 Å². The Balaban J connectivity index is 1.55. The number of rotatable bonds is 8. The first-order chi connectivity index (χ1) is 16.8. The van der Waals surface area contributed by atoms with E-state index in [0.717, 1.165) is 5.56 Å². The fourth-order valence-corrected chi connectivity index (χ4v) is 6.10. The molecule has 0 aliphatic carbocycles. The highest BCUT2D eigenvalue weighted by atomic mass is 32.2. The molecular formula is C25H30N4O5S. The van der Waals surface area contributed by atoms with Crippen molar-refractivity contribution >= 4 is 21.6 Å². The molecule has 3 aromatic rings. The second-order valence-corrected chi connectivity index (χ2v) is 10.2. The first kappa shape index (κ1) is 24.9. The number of aryl methyl sites for hydroxylation is 2. The Kier molecular flexibility index (Phi) is 7.54. The lowest BCUT2D eigenvalue weighted by molar-refractivity contribution is -0.122. The van der Waals surface area contributed by atoms with Gasteiger partial charge in [-0.25, -0.2) is 8.42 Å². The Morgan fingerprint density at radius 3 is 2.34 bits per heavy atom. The van der Waals surface area contributed by atoms with E-state index in [9.17, 15) is 13.2 Å². The molecule has 4 rings (SSSR count). The van der Waals surface area contributed by atoms with Crippen molar-refractivity contribution in [1.82, 2.24) is 14.4 Å². The molecule has 9 nitrogen and oxygen atoms in total. The van der Waals surface area contributed by atoms with E-state index in [1.807, 2.05) is 60.4 Å². The zero-order valence-electron chi connectivity index (χ0n) is 20.1. The third-order valence-corrected chi connectivity index (χ3v) is 8.16. The van der Waals surface area contributed by atoms with Crippen molar-refractivity contribution in [2.45, 2.75) is 31.7 Å². The highest BCUT2D eigenvalue weighted by Crippen LogP contribution is 2.30. The maximum atomic E-state index is 13.6. The van der Waals surface area contributed by atoms with Crippen molar-refractivity contribution in [2.75, 3.05) is 38.1 Å². The number of amides is 1. The molecular weight excluding hydrogens is 468 g/mol. The number of carbonyl (C=O) groups excluding carboxylic acids is 1. The molecule has 1 N–H and O–H groups in total. The number of ether oxygens (including phenoxy) is 1. The molecule has 0 bridgehead atoms. The SMILES string of the molecule is CCOc1ccccc1NC(=O)[C@H](c1ccccc1)N1CCN(S(=O)(=O)c2c(C)noc2C)CC1. The van der Waals surface area contributed by atoms with Crippen LogP contribution in [0.4, 0.5) is 5.69 Å². The van der Waals surface area contributed by atoms with Gasteiger partial charge in [0.2, 0.25) is 15.9 Å². The van der Waals surface area contributed by atoms with Crippen LogP contribution in [0.2, 0.25) is 0 Å². The number of benzene rings is 2. The summed E-state index contributed by atoms with van der Waals surface area (Å²) in [5.74, 6) is 0.676. The van der Waals surface area contributed by atoms with E-state index in [1.165, 1.54) is 4.31 Å². The minimum atomic E-state index is -3.74. The molecule has 1 fully saturated rings. The summed E-state index contributed by atoms with van der Waals surface area (Å²) in [6.45, 7) is 6.87. The van der Waals surface area contributed by atoms with Crippen LogP contribution in [0.15, 0.2) is 64.0 Å². The number of carbonyl (C=O) groups is 1. The Morgan fingerprint density at radius 2 is 1.71 bits per heavy atom. The zero-order chi connectivity index (χ0) is 25.0. The van der Waals surface area contributed by atoms with Crippen molar-refractivity contribution in [3.05, 3.63) is 71.6 Å². The number of sulfonamides is 1. The van der Waals surface area contributed by atoms with Crippen molar-refractivity contribution in [2.24, 2.45) is 0 Å². The van der Waals surface area contributed by atoms with Gasteiger partial charge >= 0.3 is 0 Å². The summed E-state index contributed by atoms with van der Waals surface area (Å²) in [5, 5.41) is 6.80. The first-order valence-corrected chi connectivity index (χ1v) is 13.0. The summed E-state index contributed by atoms with van der Waals surface area (Å²) in [6.07, 6.45) is 0. The molecule has 2 aromatic carbocycles. The van der Waals surface area contributed by atoms with Crippen LogP contribution >= 0.6 is 0 Å². The number of piperazine rings is 1. The fourth-order valence-electron chi connectivity index (χ4n) is 4.39. The summed E-state index contributed by atoms with van der Waals surface area (Å²) in [5.41, 5.74) is 1.78. The maximum absolute atomic E-state index is 13.6. The number of hydrogen-bond acceptors (Lipinski definition) is 7. The van der Waals surface area contributed by atoms with Gasteiger partial charge in [0.25, 0.3) is 0 Å². The largest absolute Gasteiger partial charge is 0.492 e. The molecule has 1 atom stereocenters. The van der Waals surface area contributed by atoms with Crippen molar-refractivity contribution in [1.29, 1.82) is 0 Å². The average Bonchev–Trinajstić information content (AvgIpc) is 3.20. The lowest BCUT2D eigenvalue weighted by Crippen LogP contribution is -2.51. The first-order valence-electron chi connectivity index (χ1n) is 11.6. The molecule has 1 aliphatic heterocycles. The number of anilines is 1. The zero-order valence-corrected chi connectivity index (χ0v) is 20.9. The molecule has 1 aliphatic rings. The third-order valence-electron chi connectivity index (χ3n) is 6.01. The van der Waals surface area contributed by atoms with Gasteiger partial charge in [-0.3, -0.25) is 9.69 Å². The second-order valence-electron chi connectivity index (χ2n) is 8.32. The van der Waals surface area contributed by atoms with Crippen LogP contribution in [-0.4, -0.2) is 61.5 Å². The van der Waals surface area contributed by atoms with E-state index >= 15 is 0 Å². The smallest absolute Gasteiger partial charge is 0.248 e. The molecule has 35 heavy (non-hydrogen) atoms. The molecule has 1 saturated heterocycles. The summed E-state index contributed by atoms with van der Waals surface area (Å²) < 4.78 is 38.6. The number of nitrogens with one attached hydrogen (secondary N) is 1. The van der Waals surface area contributed by atoms with Gasteiger partial charge in [-0.1, -0.05) is 47.6 Å². The highest BCUT2D eigenvalue weighted by Gasteiger charge is 2.37. The van der Waals surface area contributed by atoms with Gasteiger partial charge in [0.1, 0.15) is 22.4 Å². The minimum absolute atomic E-state index is 0.121. The topological polar surface area (TPSA) is 105 Å². The van der Waals surface area contributed by atoms with Crippen LogP contribution in [0.3, 0.4) is 0 Å². The molecule has 1 aromatic heterocycles. The number of aromatic nitrogens is 1. The number of nitrogens with zero attached hydrogens (tertiary/aromatic N) is 3. The average molecular weight is 499 g/mol. The van der Waals surface area contributed by atoms with Crippen LogP contribution < -0.4 is 10.1 Å². The van der Waals surface area contributed by atoms with E-state index in [2.05, 4.69) is 10.5 Å². The number of para-hydroxylation sites is 2. The monoisotopic (exact) mass is 498 g/mol. The Bertz CT molecular complexity index is 1250. The van der Waals surface area contributed by atoms with Crippen molar-refractivity contribution in [3.8, 4) is 5.75 Å². The summed E-state index contributed by atoms with van der Waals surface area (Å²) in [7, 11) is -3.74. The molecule has 1 amide bonds. The van der Waals surface area contributed by atoms with E-state index in [-0.39, 0.29) is 29.7 Å². The van der Waals surface area contributed by atoms with E-state index in [1.54, 1.807) is 19.9 Å². The van der Waals surface area contributed by atoms with E-state index in [4.69, 9.17) is 9.26 Å². The van der Waals surface area contributed by atoms with Gasteiger partial charge in [0, 0.05) is 26.2 Å². The summed E-state index contributed by atoms with van der Waals surface area (Å²) in [6, 6.07) is 16.2. The van der Waals surface area contributed by atoms with Gasteiger partial charge in [-0.2, -0.15) is 4.31 Å². The summed E-state index contributed by atoms with van der Waals surface area (Å²) >= 11 is 0. The quantitative estimate of drug-likeness (QED) is 0.508. The Hall–Kier alpha value is -3.21. The standard InChI is InChI=1S/C25H30N4O5S/c1-4-33-22-13-9-8-12-21(22)26-25(30)23(20-10-6-5-7-11-20)28-14-16-29(17-15-28)35(31,32)24-18(2)27-34-19(24)3/h5-13,23H,4,14-17H2,1-3H3,(H,26,30)/t23-/m0/s1. The van der Waals surface area contributed by atoms with Crippen molar-refractivity contribution in [3.63, 3.8) is 0 Å². The Labute approximate surface area is 205 Å². The Morgan fingerprint density at radius 1 is 1.06 bits per heavy atom. The van der Waals surface area contributed by atoms with E-state index in [0.29, 0.717) is 36.8 Å². The van der Waals surface area contributed by atoms with Crippen LogP contribution in [0, 0.1) is 13.8 Å². The molecule has 186 valence electrons. The van der Waals surface area contributed by atoms with Gasteiger partial charge in [-0.05, 0) is 38.5 Å². The van der Waals surface area contributed by atoms with Gasteiger partial charge in [0.15, 0.2) is 5.76 Å².